The third kappa shape index (κ3) is 6.04. The summed E-state index contributed by atoms with van der Waals surface area (Å²) in [5.74, 6) is 0. The van der Waals surface area contributed by atoms with Crippen LogP contribution in [0.4, 0.5) is 17.1 Å². The molecule has 0 amide bonds. The zero-order valence-corrected chi connectivity index (χ0v) is 30.8. The van der Waals surface area contributed by atoms with Crippen molar-refractivity contribution in [1.29, 1.82) is 0 Å². The molecule has 56 heavy (non-hydrogen) atoms. The van der Waals surface area contributed by atoms with Crippen LogP contribution in [0.5, 0.6) is 0 Å². The number of benzene rings is 9. The van der Waals surface area contributed by atoms with Gasteiger partial charge in [-0.2, -0.15) is 0 Å². The highest BCUT2D eigenvalue weighted by atomic mass is 15.1. The van der Waals surface area contributed by atoms with Crippen molar-refractivity contribution in [3.63, 3.8) is 0 Å². The van der Waals surface area contributed by atoms with Crippen LogP contribution in [0.15, 0.2) is 231 Å². The molecule has 0 saturated heterocycles. The summed E-state index contributed by atoms with van der Waals surface area (Å²) >= 11 is 0. The van der Waals surface area contributed by atoms with E-state index in [4.69, 9.17) is 0 Å². The van der Waals surface area contributed by atoms with Crippen molar-refractivity contribution >= 4 is 38.9 Å². The van der Waals surface area contributed by atoms with Crippen LogP contribution < -0.4 is 4.90 Å². The van der Waals surface area contributed by atoms with E-state index >= 15 is 0 Å². The Balaban J connectivity index is 1.17. The molecular formula is C54H38N2. The van der Waals surface area contributed by atoms with Crippen LogP contribution in [0.3, 0.4) is 0 Å². The Morgan fingerprint density at radius 3 is 1.41 bits per heavy atom. The number of hydrogen-bond donors (Lipinski definition) is 0. The average Bonchev–Trinajstić information content (AvgIpc) is 3.61. The van der Waals surface area contributed by atoms with Gasteiger partial charge in [-0.3, -0.25) is 0 Å². The Morgan fingerprint density at radius 2 is 0.732 bits per heavy atom. The Labute approximate surface area is 327 Å². The fraction of sp³-hybridized carbons (Fsp3) is 0. The minimum absolute atomic E-state index is 1.09. The summed E-state index contributed by atoms with van der Waals surface area (Å²) in [4.78, 5) is 2.41. The molecule has 0 N–H and O–H groups in total. The second-order valence-electron chi connectivity index (χ2n) is 14.1. The van der Waals surface area contributed by atoms with E-state index < -0.39 is 0 Å². The van der Waals surface area contributed by atoms with Crippen LogP contribution in [-0.4, -0.2) is 4.57 Å². The van der Waals surface area contributed by atoms with E-state index in [1.165, 1.54) is 60.8 Å². The van der Waals surface area contributed by atoms with Crippen molar-refractivity contribution < 1.29 is 0 Å². The molecule has 10 rings (SSSR count). The summed E-state index contributed by atoms with van der Waals surface area (Å²) in [6.07, 6.45) is 0. The van der Waals surface area contributed by atoms with Gasteiger partial charge in [0.05, 0.1) is 22.4 Å². The van der Waals surface area contributed by atoms with Crippen LogP contribution in [-0.2, 0) is 0 Å². The molecule has 2 nitrogen and oxygen atoms in total. The van der Waals surface area contributed by atoms with Crippen molar-refractivity contribution in [1.82, 2.24) is 4.57 Å². The number of rotatable bonds is 8. The smallest absolute Gasteiger partial charge is 0.0562 e. The van der Waals surface area contributed by atoms with Gasteiger partial charge < -0.3 is 9.47 Å². The first-order valence-electron chi connectivity index (χ1n) is 19.2. The lowest BCUT2D eigenvalue weighted by Gasteiger charge is -2.28. The summed E-state index contributed by atoms with van der Waals surface area (Å²) in [6.45, 7) is 0. The Kier molecular flexibility index (Phi) is 8.55. The van der Waals surface area contributed by atoms with Crippen LogP contribution in [0.1, 0.15) is 0 Å². The molecule has 1 heterocycles. The summed E-state index contributed by atoms with van der Waals surface area (Å²) in [5.41, 5.74) is 16.3. The van der Waals surface area contributed by atoms with Gasteiger partial charge in [-0.25, -0.2) is 0 Å². The maximum absolute atomic E-state index is 2.45. The lowest BCUT2D eigenvalue weighted by Crippen LogP contribution is -2.11. The van der Waals surface area contributed by atoms with Gasteiger partial charge in [0.2, 0.25) is 0 Å². The monoisotopic (exact) mass is 714 g/mol. The van der Waals surface area contributed by atoms with Crippen molar-refractivity contribution in [2.75, 3.05) is 4.90 Å². The quantitative estimate of drug-likeness (QED) is 0.152. The van der Waals surface area contributed by atoms with Crippen LogP contribution in [0.25, 0.3) is 72.0 Å². The maximum atomic E-state index is 2.45. The molecule has 0 aliphatic heterocycles. The highest BCUT2D eigenvalue weighted by Crippen LogP contribution is 2.44. The summed E-state index contributed by atoms with van der Waals surface area (Å²) in [5, 5.41) is 2.45. The molecule has 0 aliphatic rings. The largest absolute Gasteiger partial charge is 0.310 e. The molecule has 0 spiro atoms. The summed E-state index contributed by atoms with van der Waals surface area (Å²) in [7, 11) is 0. The number of nitrogens with zero attached hydrogens (tertiary/aromatic N) is 2. The van der Waals surface area contributed by atoms with Gasteiger partial charge in [0.25, 0.3) is 0 Å². The molecule has 0 unspecified atom stereocenters. The van der Waals surface area contributed by atoms with Crippen LogP contribution in [0, 0.1) is 0 Å². The van der Waals surface area contributed by atoms with Crippen LogP contribution in [0.2, 0.25) is 0 Å². The number of aromatic nitrogens is 1. The molecule has 10 aromatic rings. The van der Waals surface area contributed by atoms with Gasteiger partial charge >= 0.3 is 0 Å². The van der Waals surface area contributed by atoms with E-state index in [0.717, 1.165) is 28.3 Å². The van der Waals surface area contributed by atoms with Crippen molar-refractivity contribution in [3.05, 3.63) is 231 Å². The number of fused-ring (bicyclic) bond motifs is 3. The van der Waals surface area contributed by atoms with E-state index in [1.807, 2.05) is 0 Å². The van der Waals surface area contributed by atoms with Crippen molar-refractivity contribution in [2.45, 2.75) is 0 Å². The molecule has 1 aromatic heterocycles. The Morgan fingerprint density at radius 1 is 0.286 bits per heavy atom. The SMILES string of the molecule is c1ccc(-c2ccc(-c3ccccc3-n3c4ccccc4c4ccc(N(c5ccc(-c6ccccc6)cc5)c5ccccc5-c5ccccc5)cc43)cc2)cc1. The number of anilines is 3. The van der Waals surface area contributed by atoms with Gasteiger partial charge in [-0.05, 0) is 75.8 Å². The fourth-order valence-corrected chi connectivity index (χ4v) is 8.13. The normalized spacial score (nSPS) is 11.2. The average molecular weight is 715 g/mol. The van der Waals surface area contributed by atoms with E-state index in [1.54, 1.807) is 0 Å². The number of para-hydroxylation sites is 3. The van der Waals surface area contributed by atoms with Crippen molar-refractivity contribution in [2.24, 2.45) is 0 Å². The Hall–Kier alpha value is -7.42. The van der Waals surface area contributed by atoms with Gasteiger partial charge in [0.1, 0.15) is 0 Å². The second kappa shape index (κ2) is 14.4. The molecule has 0 atom stereocenters. The lowest BCUT2D eigenvalue weighted by molar-refractivity contribution is 1.18. The predicted molar refractivity (Wildman–Crippen MR) is 237 cm³/mol. The zero-order valence-electron chi connectivity index (χ0n) is 30.8. The van der Waals surface area contributed by atoms with E-state index in [0.29, 0.717) is 0 Å². The molecule has 0 aliphatic carbocycles. The molecule has 0 bridgehead atoms. The van der Waals surface area contributed by atoms with E-state index in [-0.39, 0.29) is 0 Å². The maximum Gasteiger partial charge on any atom is 0.0562 e. The first-order valence-corrected chi connectivity index (χ1v) is 19.2. The molecule has 264 valence electrons. The first kappa shape index (κ1) is 33.2. The summed E-state index contributed by atoms with van der Waals surface area (Å²) in [6, 6.07) is 83.1. The minimum Gasteiger partial charge on any atom is -0.310 e. The predicted octanol–water partition coefficient (Wildman–Crippen LogP) is 14.9. The first-order chi connectivity index (χ1) is 27.8. The van der Waals surface area contributed by atoms with Crippen LogP contribution >= 0.6 is 0 Å². The van der Waals surface area contributed by atoms with Gasteiger partial charge in [-0.15, -0.1) is 0 Å². The zero-order chi connectivity index (χ0) is 37.3. The minimum atomic E-state index is 1.09. The molecule has 2 heteroatoms. The molecule has 0 saturated carbocycles. The second-order valence-corrected chi connectivity index (χ2v) is 14.1. The topological polar surface area (TPSA) is 8.17 Å². The Bertz CT molecular complexity index is 2930. The van der Waals surface area contributed by atoms with Gasteiger partial charge in [0, 0.05) is 33.3 Å². The fourth-order valence-electron chi connectivity index (χ4n) is 8.13. The highest BCUT2D eigenvalue weighted by Gasteiger charge is 2.21. The van der Waals surface area contributed by atoms with E-state index in [2.05, 4.69) is 240 Å². The number of hydrogen-bond acceptors (Lipinski definition) is 1. The standard InChI is InChI=1S/C54H38N2/c1-4-16-39(17-5-1)41-28-30-44(31-29-41)48-23-11-14-26-52(48)56-53-27-15-12-24-49(53)50-37-36-46(38-54(50)56)55(45-34-32-42(33-35-45)40-18-6-2-7-19-40)51-25-13-10-22-47(51)43-20-8-3-9-21-43/h1-38H. The lowest BCUT2D eigenvalue weighted by atomic mass is 9.99. The van der Waals surface area contributed by atoms with Gasteiger partial charge in [0.15, 0.2) is 0 Å². The van der Waals surface area contributed by atoms with Gasteiger partial charge in [-0.1, -0.05) is 188 Å². The summed E-state index contributed by atoms with van der Waals surface area (Å²) < 4.78 is 2.45. The van der Waals surface area contributed by atoms with E-state index in [9.17, 15) is 0 Å². The third-order valence-electron chi connectivity index (χ3n) is 10.8. The third-order valence-corrected chi connectivity index (χ3v) is 10.8. The molecular weight excluding hydrogens is 677 g/mol. The molecule has 0 fully saturated rings. The highest BCUT2D eigenvalue weighted by molar-refractivity contribution is 6.11. The van der Waals surface area contributed by atoms with Crippen molar-refractivity contribution in [3.8, 4) is 50.2 Å². The molecule has 9 aromatic carbocycles. The molecule has 0 radical (unpaired) electrons.